The molecule has 0 N–H and O–H groups in total. The highest BCUT2D eigenvalue weighted by Crippen LogP contribution is 2.29. The van der Waals surface area contributed by atoms with Crippen LogP contribution >= 0.6 is 23.7 Å². The number of fused-ring (bicyclic) bond motifs is 1. The average molecular weight is 448 g/mol. The Morgan fingerprint density at radius 1 is 0.967 bits per heavy atom. The van der Waals surface area contributed by atoms with E-state index in [-0.39, 0.29) is 18.3 Å². The number of hydrogen-bond donors (Lipinski definition) is 0. The zero-order chi connectivity index (χ0) is 20.8. The molecule has 0 atom stereocenters. The highest BCUT2D eigenvalue weighted by molar-refractivity contribution is 7.22. The minimum absolute atomic E-state index is 0. The molecule has 30 heavy (non-hydrogen) atoms. The molecule has 2 aromatic carbocycles. The van der Waals surface area contributed by atoms with Crippen molar-refractivity contribution in [2.24, 2.45) is 0 Å². The number of esters is 1. The van der Waals surface area contributed by atoms with E-state index >= 15 is 0 Å². The van der Waals surface area contributed by atoms with E-state index in [1.165, 1.54) is 18.4 Å². The van der Waals surface area contributed by atoms with Gasteiger partial charge in [-0.15, -0.1) is 12.4 Å². The van der Waals surface area contributed by atoms with E-state index in [1.54, 1.807) is 29.2 Å². The molecule has 1 heterocycles. The molecule has 0 aliphatic carbocycles. The summed E-state index contributed by atoms with van der Waals surface area (Å²) < 4.78 is 5.77. The number of rotatable bonds is 8. The van der Waals surface area contributed by atoms with E-state index in [9.17, 15) is 9.59 Å². The van der Waals surface area contributed by atoms with Crippen LogP contribution in [0, 0.1) is 0 Å². The number of para-hydroxylation sites is 1. The Morgan fingerprint density at radius 2 is 1.60 bits per heavy atom. The topological polar surface area (TPSA) is 62.7 Å². The number of hydrogen-bond acceptors (Lipinski definition) is 6. The van der Waals surface area contributed by atoms with Gasteiger partial charge in [-0.05, 0) is 49.5 Å². The Balaban J connectivity index is 0.00000320. The summed E-state index contributed by atoms with van der Waals surface area (Å²) >= 11 is 1.51. The molecular formula is C22H26ClN3O3S. The van der Waals surface area contributed by atoms with Gasteiger partial charge in [0.1, 0.15) is 0 Å². The summed E-state index contributed by atoms with van der Waals surface area (Å²) in [5.41, 5.74) is 1.81. The fourth-order valence-electron chi connectivity index (χ4n) is 3.06. The van der Waals surface area contributed by atoms with Gasteiger partial charge in [-0.1, -0.05) is 37.3 Å². The molecule has 6 nitrogen and oxygen atoms in total. The number of methoxy groups -OCH3 is 1. The van der Waals surface area contributed by atoms with Gasteiger partial charge in [-0.25, -0.2) is 9.78 Å². The van der Waals surface area contributed by atoms with Crippen molar-refractivity contribution >= 4 is 51.0 Å². The number of anilines is 1. The Hall–Kier alpha value is -2.48. The number of carbonyl (C=O) groups excluding carboxylic acids is 2. The number of carbonyl (C=O) groups is 2. The fraction of sp³-hybridized carbons (Fsp3) is 0.318. The predicted octanol–water partition coefficient (Wildman–Crippen LogP) is 4.49. The van der Waals surface area contributed by atoms with Crippen LogP contribution in [-0.4, -0.2) is 55.0 Å². The number of ether oxygens (including phenoxy) is 1. The van der Waals surface area contributed by atoms with Gasteiger partial charge < -0.3 is 9.64 Å². The maximum absolute atomic E-state index is 13.3. The molecule has 0 fully saturated rings. The lowest BCUT2D eigenvalue weighted by molar-refractivity contribution is 0.0600. The summed E-state index contributed by atoms with van der Waals surface area (Å²) in [4.78, 5) is 33.7. The van der Waals surface area contributed by atoms with Crippen LogP contribution in [0.5, 0.6) is 0 Å². The maximum Gasteiger partial charge on any atom is 0.337 e. The molecule has 0 aliphatic heterocycles. The Kier molecular flexibility index (Phi) is 8.77. The summed E-state index contributed by atoms with van der Waals surface area (Å²) in [6.07, 6.45) is 0. The van der Waals surface area contributed by atoms with Crippen LogP contribution < -0.4 is 4.90 Å². The van der Waals surface area contributed by atoms with Crippen LogP contribution in [0.1, 0.15) is 34.6 Å². The Bertz CT molecular complexity index is 954. The monoisotopic (exact) mass is 447 g/mol. The van der Waals surface area contributed by atoms with E-state index in [0.29, 0.717) is 22.8 Å². The smallest absolute Gasteiger partial charge is 0.337 e. The summed E-state index contributed by atoms with van der Waals surface area (Å²) in [5, 5.41) is 0.681. The van der Waals surface area contributed by atoms with Gasteiger partial charge in [0.25, 0.3) is 5.91 Å². The van der Waals surface area contributed by atoms with Crippen molar-refractivity contribution in [3.05, 3.63) is 59.7 Å². The van der Waals surface area contributed by atoms with Crippen LogP contribution in [0.2, 0.25) is 0 Å². The lowest BCUT2D eigenvalue weighted by Crippen LogP contribution is -2.38. The van der Waals surface area contributed by atoms with Crippen molar-refractivity contribution in [1.82, 2.24) is 9.88 Å². The lowest BCUT2D eigenvalue weighted by Gasteiger charge is -2.24. The maximum atomic E-state index is 13.3. The molecule has 0 unspecified atom stereocenters. The predicted molar refractivity (Wildman–Crippen MR) is 124 cm³/mol. The second-order valence-corrected chi connectivity index (χ2v) is 7.53. The van der Waals surface area contributed by atoms with Gasteiger partial charge in [0.15, 0.2) is 5.13 Å². The zero-order valence-electron chi connectivity index (χ0n) is 17.3. The van der Waals surface area contributed by atoms with Gasteiger partial charge >= 0.3 is 5.97 Å². The van der Waals surface area contributed by atoms with Gasteiger partial charge in [-0.2, -0.15) is 0 Å². The van der Waals surface area contributed by atoms with Gasteiger partial charge in [0.05, 0.1) is 22.9 Å². The highest BCUT2D eigenvalue weighted by atomic mass is 35.5. The van der Waals surface area contributed by atoms with Crippen molar-refractivity contribution in [3.63, 3.8) is 0 Å². The van der Waals surface area contributed by atoms with Crippen LogP contribution in [0.3, 0.4) is 0 Å². The number of halogens is 1. The van der Waals surface area contributed by atoms with E-state index in [1.807, 2.05) is 24.3 Å². The molecule has 3 rings (SSSR count). The minimum Gasteiger partial charge on any atom is -0.465 e. The SMILES string of the molecule is CCN(CC)CCN(C(=O)c1ccc(C(=O)OC)cc1)c1nc2ccccc2s1.Cl. The second-order valence-electron chi connectivity index (χ2n) is 6.52. The van der Waals surface area contributed by atoms with Crippen LogP contribution in [0.25, 0.3) is 10.2 Å². The number of likely N-dealkylation sites (N-methyl/N-ethyl adjacent to an activating group) is 1. The summed E-state index contributed by atoms with van der Waals surface area (Å²) in [7, 11) is 1.34. The second kappa shape index (κ2) is 11.1. The number of benzene rings is 2. The molecule has 0 radical (unpaired) electrons. The molecule has 0 saturated heterocycles. The first-order valence-corrected chi connectivity index (χ1v) is 10.5. The molecule has 8 heteroatoms. The molecule has 1 amide bonds. The number of thiazole rings is 1. The average Bonchev–Trinajstić information content (AvgIpc) is 3.19. The van der Waals surface area contributed by atoms with Crippen molar-refractivity contribution in [1.29, 1.82) is 0 Å². The summed E-state index contributed by atoms with van der Waals surface area (Å²) in [6.45, 7) is 7.37. The highest BCUT2D eigenvalue weighted by Gasteiger charge is 2.22. The number of aromatic nitrogens is 1. The van der Waals surface area contributed by atoms with Crippen molar-refractivity contribution in [3.8, 4) is 0 Å². The van der Waals surface area contributed by atoms with Gasteiger partial charge in [0, 0.05) is 18.7 Å². The van der Waals surface area contributed by atoms with E-state index in [4.69, 9.17) is 4.74 Å². The third-order valence-corrected chi connectivity index (χ3v) is 5.91. The van der Waals surface area contributed by atoms with Crippen LogP contribution in [0.4, 0.5) is 5.13 Å². The standard InChI is InChI=1S/C22H25N3O3S.ClH/c1-4-24(5-2)14-15-25(22-23-18-8-6-7-9-19(18)29-22)20(26)16-10-12-17(13-11-16)21(27)28-3;/h6-13H,4-5,14-15H2,1-3H3;1H. The summed E-state index contributed by atoms with van der Waals surface area (Å²) in [5.74, 6) is -0.554. The molecular weight excluding hydrogens is 422 g/mol. The summed E-state index contributed by atoms with van der Waals surface area (Å²) in [6, 6.07) is 14.4. The lowest BCUT2D eigenvalue weighted by atomic mass is 10.1. The Labute approximate surface area is 186 Å². The Morgan fingerprint density at radius 3 is 2.20 bits per heavy atom. The van der Waals surface area contributed by atoms with Crippen LogP contribution in [0.15, 0.2) is 48.5 Å². The molecule has 0 saturated carbocycles. The molecule has 160 valence electrons. The first-order valence-electron chi connectivity index (χ1n) is 9.65. The molecule has 1 aromatic heterocycles. The number of nitrogens with zero attached hydrogens (tertiary/aromatic N) is 3. The normalized spacial score (nSPS) is 10.7. The fourth-order valence-corrected chi connectivity index (χ4v) is 4.05. The quantitative estimate of drug-likeness (QED) is 0.476. The molecule has 0 bridgehead atoms. The van der Waals surface area contributed by atoms with E-state index < -0.39 is 5.97 Å². The minimum atomic E-state index is -0.423. The first kappa shape index (κ1) is 23.8. The van der Waals surface area contributed by atoms with E-state index in [0.717, 1.165) is 29.9 Å². The third-order valence-electron chi connectivity index (χ3n) is 4.85. The van der Waals surface area contributed by atoms with Gasteiger partial charge in [-0.3, -0.25) is 9.69 Å². The van der Waals surface area contributed by atoms with E-state index in [2.05, 4.69) is 23.7 Å². The zero-order valence-corrected chi connectivity index (χ0v) is 19.0. The third kappa shape index (κ3) is 5.36. The first-order chi connectivity index (χ1) is 14.1. The molecule has 3 aromatic rings. The molecule has 0 aliphatic rings. The molecule has 0 spiro atoms. The number of amides is 1. The van der Waals surface area contributed by atoms with Crippen molar-refractivity contribution < 1.29 is 14.3 Å². The largest absolute Gasteiger partial charge is 0.465 e. The van der Waals surface area contributed by atoms with Crippen molar-refractivity contribution in [2.45, 2.75) is 13.8 Å². The van der Waals surface area contributed by atoms with Crippen molar-refractivity contribution in [2.75, 3.05) is 38.2 Å². The van der Waals surface area contributed by atoms with Gasteiger partial charge in [0.2, 0.25) is 0 Å². The van der Waals surface area contributed by atoms with Crippen LogP contribution in [-0.2, 0) is 4.74 Å².